The Bertz CT molecular complexity index is 519. The Hall–Kier alpha value is -1.88. The lowest BCUT2D eigenvalue weighted by Crippen LogP contribution is -2.52. The second-order valence-electron chi connectivity index (χ2n) is 5.80. The van der Waals surface area contributed by atoms with E-state index in [0.717, 1.165) is 31.2 Å². The molecule has 0 radical (unpaired) electrons. The molecule has 0 bridgehead atoms. The maximum atomic E-state index is 12.4. The summed E-state index contributed by atoms with van der Waals surface area (Å²) in [6, 6.07) is 7.26. The first-order valence-electron chi connectivity index (χ1n) is 7.32. The van der Waals surface area contributed by atoms with Crippen molar-refractivity contribution < 1.29 is 9.59 Å². The fourth-order valence-electron chi connectivity index (χ4n) is 2.85. The molecule has 1 aromatic carbocycles. The molecule has 0 unspecified atom stereocenters. The van der Waals surface area contributed by atoms with Crippen molar-refractivity contribution in [1.29, 1.82) is 0 Å². The summed E-state index contributed by atoms with van der Waals surface area (Å²) in [7, 11) is 3.38. The Balaban J connectivity index is 2.00. The van der Waals surface area contributed by atoms with E-state index in [1.54, 1.807) is 31.1 Å². The Morgan fingerprint density at radius 2 is 1.81 bits per heavy atom. The SMILES string of the molecule is CNC(=O)c1ccc(CN(C)C(=O)C2(N)CCCC2)cc1. The van der Waals surface area contributed by atoms with Gasteiger partial charge in [-0.25, -0.2) is 0 Å². The van der Waals surface area contributed by atoms with E-state index in [2.05, 4.69) is 5.32 Å². The number of likely N-dealkylation sites (N-methyl/N-ethyl adjacent to an activating group) is 1. The smallest absolute Gasteiger partial charge is 0.251 e. The minimum Gasteiger partial charge on any atom is -0.355 e. The van der Waals surface area contributed by atoms with Crippen LogP contribution in [0.2, 0.25) is 0 Å². The molecule has 0 atom stereocenters. The van der Waals surface area contributed by atoms with Crippen LogP contribution in [0, 0.1) is 0 Å². The number of nitrogens with zero attached hydrogens (tertiary/aromatic N) is 1. The third-order valence-electron chi connectivity index (χ3n) is 4.13. The molecule has 1 aliphatic rings. The van der Waals surface area contributed by atoms with Gasteiger partial charge in [-0.2, -0.15) is 0 Å². The highest BCUT2D eigenvalue weighted by atomic mass is 16.2. The Labute approximate surface area is 125 Å². The number of benzene rings is 1. The van der Waals surface area contributed by atoms with Gasteiger partial charge in [-0.3, -0.25) is 9.59 Å². The van der Waals surface area contributed by atoms with Crippen LogP contribution in [0.15, 0.2) is 24.3 Å². The topological polar surface area (TPSA) is 75.4 Å². The van der Waals surface area contributed by atoms with E-state index in [4.69, 9.17) is 5.73 Å². The third kappa shape index (κ3) is 3.42. The average Bonchev–Trinajstić information content (AvgIpc) is 2.94. The second-order valence-corrected chi connectivity index (χ2v) is 5.80. The quantitative estimate of drug-likeness (QED) is 0.876. The molecule has 21 heavy (non-hydrogen) atoms. The molecule has 1 saturated carbocycles. The Kier molecular flexibility index (Phi) is 4.63. The number of carbonyl (C=O) groups is 2. The zero-order valence-electron chi connectivity index (χ0n) is 12.7. The first-order chi connectivity index (χ1) is 9.96. The van der Waals surface area contributed by atoms with Crippen molar-refractivity contribution in [2.45, 2.75) is 37.8 Å². The second kappa shape index (κ2) is 6.26. The minimum absolute atomic E-state index is 0.00961. The van der Waals surface area contributed by atoms with E-state index in [1.165, 1.54) is 0 Å². The summed E-state index contributed by atoms with van der Waals surface area (Å²) in [5, 5.41) is 2.58. The van der Waals surface area contributed by atoms with Gasteiger partial charge >= 0.3 is 0 Å². The predicted molar refractivity (Wildman–Crippen MR) is 81.7 cm³/mol. The number of nitrogens with one attached hydrogen (secondary N) is 1. The summed E-state index contributed by atoms with van der Waals surface area (Å²) in [5.41, 5.74) is 7.11. The summed E-state index contributed by atoms with van der Waals surface area (Å²) in [5.74, 6) is -0.103. The molecule has 5 heteroatoms. The van der Waals surface area contributed by atoms with E-state index in [0.29, 0.717) is 12.1 Å². The number of carbonyl (C=O) groups excluding carboxylic acids is 2. The van der Waals surface area contributed by atoms with Crippen LogP contribution in [0.3, 0.4) is 0 Å². The fraction of sp³-hybridized carbons (Fsp3) is 0.500. The molecule has 0 aromatic heterocycles. The number of hydrogen-bond acceptors (Lipinski definition) is 3. The van der Waals surface area contributed by atoms with Crippen LogP contribution < -0.4 is 11.1 Å². The first-order valence-corrected chi connectivity index (χ1v) is 7.32. The molecule has 1 aliphatic carbocycles. The van der Waals surface area contributed by atoms with Gasteiger partial charge in [0.15, 0.2) is 0 Å². The third-order valence-corrected chi connectivity index (χ3v) is 4.13. The minimum atomic E-state index is -0.684. The van der Waals surface area contributed by atoms with Crippen LogP contribution in [-0.2, 0) is 11.3 Å². The molecule has 3 N–H and O–H groups in total. The zero-order valence-corrected chi connectivity index (χ0v) is 12.7. The maximum Gasteiger partial charge on any atom is 0.251 e. The van der Waals surface area contributed by atoms with E-state index in [1.807, 2.05) is 12.1 Å². The number of rotatable bonds is 4. The molecule has 5 nitrogen and oxygen atoms in total. The predicted octanol–water partition coefficient (Wildman–Crippen LogP) is 1.28. The first kappa shape index (κ1) is 15.5. The molecule has 0 heterocycles. The van der Waals surface area contributed by atoms with Crippen LogP contribution in [0.1, 0.15) is 41.6 Å². The maximum absolute atomic E-state index is 12.4. The lowest BCUT2D eigenvalue weighted by atomic mass is 9.97. The van der Waals surface area contributed by atoms with Gasteiger partial charge in [0.2, 0.25) is 5.91 Å². The van der Waals surface area contributed by atoms with Crippen molar-refractivity contribution >= 4 is 11.8 Å². The molecule has 2 rings (SSSR count). The number of hydrogen-bond donors (Lipinski definition) is 2. The normalized spacial score (nSPS) is 16.5. The summed E-state index contributed by atoms with van der Waals surface area (Å²) in [6.07, 6.45) is 3.59. The van der Waals surface area contributed by atoms with E-state index in [9.17, 15) is 9.59 Å². The largest absolute Gasteiger partial charge is 0.355 e. The van der Waals surface area contributed by atoms with Crippen LogP contribution in [0.4, 0.5) is 0 Å². The molecular formula is C16H23N3O2. The van der Waals surface area contributed by atoms with Crippen LogP contribution in [0.5, 0.6) is 0 Å². The molecule has 1 fully saturated rings. The van der Waals surface area contributed by atoms with Crippen molar-refractivity contribution in [1.82, 2.24) is 10.2 Å². The highest BCUT2D eigenvalue weighted by Crippen LogP contribution is 2.29. The molecular weight excluding hydrogens is 266 g/mol. The lowest BCUT2D eigenvalue weighted by molar-refractivity contribution is -0.136. The van der Waals surface area contributed by atoms with E-state index in [-0.39, 0.29) is 11.8 Å². The van der Waals surface area contributed by atoms with Gasteiger partial charge in [0.1, 0.15) is 0 Å². The highest BCUT2D eigenvalue weighted by molar-refractivity contribution is 5.94. The van der Waals surface area contributed by atoms with Crippen molar-refractivity contribution in [2.75, 3.05) is 14.1 Å². The van der Waals surface area contributed by atoms with Crippen molar-refractivity contribution in [2.24, 2.45) is 5.73 Å². The Morgan fingerprint density at radius 1 is 1.24 bits per heavy atom. The van der Waals surface area contributed by atoms with Crippen molar-refractivity contribution in [3.63, 3.8) is 0 Å². The molecule has 0 spiro atoms. The van der Waals surface area contributed by atoms with Gasteiger partial charge in [-0.05, 0) is 30.5 Å². The fourth-order valence-corrected chi connectivity index (χ4v) is 2.85. The van der Waals surface area contributed by atoms with Crippen molar-refractivity contribution in [3.05, 3.63) is 35.4 Å². The summed E-state index contributed by atoms with van der Waals surface area (Å²) in [4.78, 5) is 25.6. The summed E-state index contributed by atoms with van der Waals surface area (Å²) < 4.78 is 0. The summed E-state index contributed by atoms with van der Waals surface area (Å²) in [6.45, 7) is 0.506. The number of amides is 2. The molecule has 0 aliphatic heterocycles. The van der Waals surface area contributed by atoms with Gasteiger partial charge in [0, 0.05) is 26.2 Å². The van der Waals surface area contributed by atoms with Gasteiger partial charge in [0.05, 0.1) is 5.54 Å². The van der Waals surface area contributed by atoms with Crippen LogP contribution in [0.25, 0.3) is 0 Å². The zero-order chi connectivity index (χ0) is 15.5. The van der Waals surface area contributed by atoms with Gasteiger partial charge in [0.25, 0.3) is 5.91 Å². The van der Waals surface area contributed by atoms with Crippen LogP contribution in [-0.4, -0.2) is 36.3 Å². The van der Waals surface area contributed by atoms with Crippen molar-refractivity contribution in [3.8, 4) is 0 Å². The van der Waals surface area contributed by atoms with E-state index < -0.39 is 5.54 Å². The average molecular weight is 289 g/mol. The van der Waals surface area contributed by atoms with E-state index >= 15 is 0 Å². The van der Waals surface area contributed by atoms with Gasteiger partial charge in [-0.15, -0.1) is 0 Å². The standard InChI is InChI=1S/C16H23N3O2/c1-18-14(20)13-7-5-12(6-8-13)11-19(2)15(21)16(17)9-3-4-10-16/h5-8H,3-4,9-11,17H2,1-2H3,(H,18,20). The monoisotopic (exact) mass is 289 g/mol. The lowest BCUT2D eigenvalue weighted by Gasteiger charge is -2.28. The molecule has 1 aromatic rings. The van der Waals surface area contributed by atoms with Gasteiger partial charge in [-0.1, -0.05) is 25.0 Å². The molecule has 2 amide bonds. The highest BCUT2D eigenvalue weighted by Gasteiger charge is 2.38. The molecule has 114 valence electrons. The summed E-state index contributed by atoms with van der Waals surface area (Å²) >= 11 is 0. The molecule has 0 saturated heterocycles. The van der Waals surface area contributed by atoms with Crippen LogP contribution >= 0.6 is 0 Å². The van der Waals surface area contributed by atoms with Gasteiger partial charge < -0.3 is 16.0 Å². The Morgan fingerprint density at radius 3 is 2.33 bits per heavy atom. The number of nitrogens with two attached hydrogens (primary N) is 1.